The summed E-state index contributed by atoms with van der Waals surface area (Å²) in [7, 11) is 0. The van der Waals surface area contributed by atoms with E-state index in [2.05, 4.69) is 20.9 Å². The summed E-state index contributed by atoms with van der Waals surface area (Å²) in [4.78, 5) is 65.2. The minimum atomic E-state index is -1.38. The highest BCUT2D eigenvalue weighted by Crippen LogP contribution is 2.12. The second-order valence-corrected chi connectivity index (χ2v) is 8.63. The van der Waals surface area contributed by atoms with E-state index in [0.717, 1.165) is 0 Å². The first-order chi connectivity index (χ1) is 17.8. The maximum Gasteiger partial charge on any atom is 0.326 e. The number of phenolic OH excluding ortho intramolecular Hbond substituents is 1. The number of primary amides is 1. The van der Waals surface area contributed by atoms with Gasteiger partial charge in [-0.05, 0) is 43.9 Å². The predicted octanol–water partition coefficient (Wildman–Crippen LogP) is -2.86. The van der Waals surface area contributed by atoms with Gasteiger partial charge in [0, 0.05) is 19.4 Å². The Bertz CT molecular complexity index is 1010. The normalized spacial score (nSPS) is 13.7. The summed E-state index contributed by atoms with van der Waals surface area (Å²) in [6.45, 7) is 1.59. The van der Waals surface area contributed by atoms with E-state index >= 15 is 0 Å². The first-order valence-electron chi connectivity index (χ1n) is 11.8. The zero-order valence-corrected chi connectivity index (χ0v) is 21.1. The van der Waals surface area contributed by atoms with Crippen molar-refractivity contribution < 1.29 is 34.2 Å². The summed E-state index contributed by atoms with van der Waals surface area (Å²) in [5.41, 5.74) is 21.9. The first-order valence-corrected chi connectivity index (χ1v) is 11.8. The maximum absolute atomic E-state index is 13.0. The van der Waals surface area contributed by atoms with E-state index in [1.165, 1.54) is 31.2 Å². The number of phenols is 1. The van der Waals surface area contributed by atoms with Gasteiger partial charge in [0.15, 0.2) is 5.96 Å². The Labute approximate surface area is 219 Å². The van der Waals surface area contributed by atoms with Crippen LogP contribution in [0.3, 0.4) is 0 Å². The van der Waals surface area contributed by atoms with Crippen LogP contribution < -0.4 is 38.9 Å². The summed E-state index contributed by atoms with van der Waals surface area (Å²) < 4.78 is 0. The lowest BCUT2D eigenvalue weighted by atomic mass is 10.0. The molecule has 0 spiro atoms. The van der Waals surface area contributed by atoms with Crippen LogP contribution in [0.1, 0.15) is 38.2 Å². The highest BCUT2D eigenvalue weighted by Gasteiger charge is 2.30. The van der Waals surface area contributed by atoms with Crippen molar-refractivity contribution >= 4 is 35.6 Å². The summed E-state index contributed by atoms with van der Waals surface area (Å²) in [6.07, 6.45) is -0.240. The number of benzene rings is 1. The Kier molecular flexibility index (Phi) is 13.0. The summed E-state index contributed by atoms with van der Waals surface area (Å²) in [5, 5.41) is 26.3. The molecule has 0 fully saturated rings. The van der Waals surface area contributed by atoms with Crippen LogP contribution in [0.4, 0.5) is 0 Å². The van der Waals surface area contributed by atoms with Gasteiger partial charge >= 0.3 is 5.97 Å². The van der Waals surface area contributed by atoms with Gasteiger partial charge in [0.1, 0.15) is 23.9 Å². The molecular formula is C23H36N8O7. The fourth-order valence-electron chi connectivity index (χ4n) is 3.24. The molecule has 0 saturated heterocycles. The van der Waals surface area contributed by atoms with Crippen LogP contribution in [0.5, 0.6) is 5.75 Å². The number of aliphatic carboxylic acids is 1. The molecule has 0 bridgehead atoms. The zero-order valence-electron chi connectivity index (χ0n) is 21.1. The highest BCUT2D eigenvalue weighted by atomic mass is 16.4. The molecule has 210 valence electrons. The number of nitrogens with two attached hydrogens (primary N) is 4. The van der Waals surface area contributed by atoms with Crippen LogP contribution in [0.15, 0.2) is 29.3 Å². The highest BCUT2D eigenvalue weighted by molar-refractivity contribution is 5.94. The van der Waals surface area contributed by atoms with Gasteiger partial charge in [-0.25, -0.2) is 4.79 Å². The van der Waals surface area contributed by atoms with Crippen LogP contribution in [0.25, 0.3) is 0 Å². The van der Waals surface area contributed by atoms with Gasteiger partial charge in [0.25, 0.3) is 0 Å². The minimum absolute atomic E-state index is 0.0112. The molecular weight excluding hydrogens is 500 g/mol. The Hall–Kier alpha value is -4.40. The van der Waals surface area contributed by atoms with Crippen molar-refractivity contribution in [1.82, 2.24) is 16.0 Å². The number of aliphatic imine (C=N–C) groups is 1. The zero-order chi connectivity index (χ0) is 28.8. The van der Waals surface area contributed by atoms with Crippen LogP contribution in [-0.2, 0) is 30.4 Å². The van der Waals surface area contributed by atoms with E-state index in [1.54, 1.807) is 0 Å². The topological polar surface area (TPSA) is 278 Å². The van der Waals surface area contributed by atoms with Crippen molar-refractivity contribution in [3.05, 3.63) is 29.8 Å². The number of rotatable bonds is 16. The maximum atomic E-state index is 13.0. The Morgan fingerprint density at radius 2 is 1.39 bits per heavy atom. The molecule has 0 aliphatic rings. The average Bonchev–Trinajstić information content (AvgIpc) is 2.83. The first kappa shape index (κ1) is 31.6. The molecule has 15 nitrogen and oxygen atoms in total. The molecule has 1 rings (SSSR count). The molecule has 15 heteroatoms. The van der Waals surface area contributed by atoms with Gasteiger partial charge in [-0.1, -0.05) is 12.1 Å². The number of nitrogens with zero attached hydrogens (tertiary/aromatic N) is 1. The molecule has 38 heavy (non-hydrogen) atoms. The van der Waals surface area contributed by atoms with Crippen LogP contribution in [0, 0.1) is 0 Å². The standard InChI is InChI=1S/C23H36N8O7/c1-12(24)19(34)29-15(3-2-10-28-23(26)27)20(35)30-16(8-9-18(25)33)21(36)31-17(22(37)38)11-13-4-6-14(32)7-5-13/h4-7,12,15-17,32H,2-3,8-11,24H2,1H3,(H2,25,33)(H,29,34)(H,30,35)(H,31,36)(H,37,38)(H4,26,27,28)/t12-,15-,16-,17-/m0/s1. The number of carboxylic acids is 1. The largest absolute Gasteiger partial charge is 0.508 e. The smallest absolute Gasteiger partial charge is 0.326 e. The molecule has 0 saturated carbocycles. The summed E-state index contributed by atoms with van der Waals surface area (Å²) in [6, 6.07) is 0.963. The average molecular weight is 537 g/mol. The molecule has 0 radical (unpaired) electrons. The van der Waals surface area contributed by atoms with Crippen molar-refractivity contribution in [2.24, 2.45) is 27.9 Å². The van der Waals surface area contributed by atoms with Gasteiger partial charge < -0.3 is 49.1 Å². The lowest BCUT2D eigenvalue weighted by Gasteiger charge is -2.25. The van der Waals surface area contributed by atoms with Crippen LogP contribution in [-0.4, -0.2) is 76.5 Å². The third-order valence-corrected chi connectivity index (χ3v) is 5.29. The molecule has 1 aromatic carbocycles. The SMILES string of the molecule is C[C@H](N)C(=O)N[C@@H](CCCN=C(N)N)C(=O)N[C@@H](CCC(N)=O)C(=O)N[C@@H](Cc1ccc(O)cc1)C(=O)O. The van der Waals surface area contributed by atoms with Crippen molar-refractivity contribution in [2.45, 2.75) is 63.2 Å². The summed E-state index contributed by atoms with van der Waals surface area (Å²) in [5.74, 6) is -4.49. The quantitative estimate of drug-likeness (QED) is 0.0591. The number of amides is 4. The number of nitrogens with one attached hydrogen (secondary N) is 3. The number of carbonyl (C=O) groups is 5. The molecule has 0 aromatic heterocycles. The van der Waals surface area contributed by atoms with Gasteiger partial charge in [0.05, 0.1) is 6.04 Å². The second-order valence-electron chi connectivity index (χ2n) is 8.63. The van der Waals surface area contributed by atoms with E-state index in [1.807, 2.05) is 0 Å². The fourth-order valence-corrected chi connectivity index (χ4v) is 3.24. The van der Waals surface area contributed by atoms with Crippen LogP contribution >= 0.6 is 0 Å². The van der Waals surface area contributed by atoms with Gasteiger partial charge in [0.2, 0.25) is 23.6 Å². The Morgan fingerprint density at radius 3 is 1.89 bits per heavy atom. The molecule has 0 unspecified atom stereocenters. The molecule has 0 aliphatic heterocycles. The van der Waals surface area contributed by atoms with Crippen molar-refractivity contribution in [2.75, 3.05) is 6.54 Å². The molecule has 1 aromatic rings. The fraction of sp³-hybridized carbons (Fsp3) is 0.478. The Balaban J connectivity index is 3.04. The van der Waals surface area contributed by atoms with E-state index in [-0.39, 0.29) is 43.9 Å². The third kappa shape index (κ3) is 12.0. The number of aromatic hydroxyl groups is 1. The van der Waals surface area contributed by atoms with Gasteiger partial charge in [-0.15, -0.1) is 0 Å². The lowest BCUT2D eigenvalue weighted by molar-refractivity contribution is -0.142. The number of guanidine groups is 1. The molecule has 4 atom stereocenters. The monoisotopic (exact) mass is 536 g/mol. The predicted molar refractivity (Wildman–Crippen MR) is 137 cm³/mol. The number of hydrogen-bond acceptors (Lipinski definition) is 8. The molecule has 0 heterocycles. The van der Waals surface area contributed by atoms with Gasteiger partial charge in [-0.3, -0.25) is 24.2 Å². The molecule has 4 amide bonds. The van der Waals surface area contributed by atoms with E-state index in [0.29, 0.717) is 12.0 Å². The number of carbonyl (C=O) groups excluding carboxylic acids is 4. The molecule has 0 aliphatic carbocycles. The second kappa shape index (κ2) is 15.7. The Morgan fingerprint density at radius 1 is 0.868 bits per heavy atom. The van der Waals surface area contributed by atoms with E-state index < -0.39 is 53.8 Å². The van der Waals surface area contributed by atoms with Crippen molar-refractivity contribution in [1.29, 1.82) is 0 Å². The van der Waals surface area contributed by atoms with E-state index in [9.17, 15) is 34.2 Å². The van der Waals surface area contributed by atoms with Crippen molar-refractivity contribution in [3.8, 4) is 5.75 Å². The molecule has 13 N–H and O–H groups in total. The van der Waals surface area contributed by atoms with Crippen LogP contribution in [0.2, 0.25) is 0 Å². The minimum Gasteiger partial charge on any atom is -0.508 e. The number of hydrogen-bond donors (Lipinski definition) is 9. The van der Waals surface area contributed by atoms with Gasteiger partial charge in [-0.2, -0.15) is 0 Å². The number of carboxylic acid groups (broad SMARTS) is 1. The lowest BCUT2D eigenvalue weighted by Crippen LogP contribution is -2.57. The van der Waals surface area contributed by atoms with E-state index in [4.69, 9.17) is 22.9 Å². The third-order valence-electron chi connectivity index (χ3n) is 5.29. The van der Waals surface area contributed by atoms with Crippen molar-refractivity contribution in [3.63, 3.8) is 0 Å². The summed E-state index contributed by atoms with van der Waals surface area (Å²) >= 11 is 0.